The number of methoxy groups -OCH3 is 1. The Morgan fingerprint density at radius 1 is 1.06 bits per heavy atom. The Balaban J connectivity index is 1.57. The molecule has 3 aromatic carbocycles. The quantitative estimate of drug-likeness (QED) is 0.152. The van der Waals surface area contributed by atoms with Crippen LogP contribution in [0.4, 0.5) is 10.8 Å². The lowest BCUT2D eigenvalue weighted by molar-refractivity contribution is -0.384. The molecule has 5 aromatic rings. The summed E-state index contributed by atoms with van der Waals surface area (Å²) in [6.07, 6.45) is 1.61. The number of rotatable bonds is 6. The van der Waals surface area contributed by atoms with E-state index >= 15 is 0 Å². The molecule has 5 rings (SSSR count). The normalized spacial score (nSPS) is 11.4. The van der Waals surface area contributed by atoms with Gasteiger partial charge in [0.2, 0.25) is 5.13 Å². The summed E-state index contributed by atoms with van der Waals surface area (Å²) in [7, 11) is 1.59. The third-order valence-corrected chi connectivity index (χ3v) is 7.38. The summed E-state index contributed by atoms with van der Waals surface area (Å²) in [5.41, 5.74) is 2.66. The molecule has 2 aromatic heterocycles. The van der Waals surface area contributed by atoms with Gasteiger partial charge in [0.15, 0.2) is 0 Å². The molecular weight excluding hydrogens is 484 g/mol. The number of carbonyl (C=O) groups excluding carboxylic acids is 1. The number of benzene rings is 3. The van der Waals surface area contributed by atoms with E-state index in [1.807, 2.05) is 49.4 Å². The van der Waals surface area contributed by atoms with Gasteiger partial charge in [0.05, 0.1) is 33.3 Å². The number of anilines is 1. The minimum atomic E-state index is -0.452. The molecule has 0 saturated carbocycles. The number of hydrogen-bond acceptors (Lipinski definition) is 8. The van der Waals surface area contributed by atoms with E-state index < -0.39 is 4.92 Å². The van der Waals surface area contributed by atoms with Gasteiger partial charge in [0.25, 0.3) is 11.6 Å². The van der Waals surface area contributed by atoms with E-state index in [1.54, 1.807) is 25.5 Å². The van der Waals surface area contributed by atoms with Gasteiger partial charge in [-0.3, -0.25) is 14.9 Å². The van der Waals surface area contributed by atoms with Crippen LogP contribution in [0.1, 0.15) is 20.8 Å². The zero-order valence-corrected chi connectivity index (χ0v) is 20.3. The van der Waals surface area contributed by atoms with E-state index in [1.165, 1.54) is 39.8 Å². The maximum atomic E-state index is 13.6. The lowest BCUT2D eigenvalue weighted by Gasteiger charge is -2.12. The van der Waals surface area contributed by atoms with Crippen LogP contribution >= 0.6 is 22.7 Å². The molecule has 0 bridgehead atoms. The molecule has 0 aliphatic heterocycles. The molecule has 1 amide bonds. The van der Waals surface area contributed by atoms with Crippen molar-refractivity contribution in [2.75, 3.05) is 12.1 Å². The van der Waals surface area contributed by atoms with Gasteiger partial charge >= 0.3 is 0 Å². The van der Waals surface area contributed by atoms with Gasteiger partial charge in [-0.2, -0.15) is 10.1 Å². The smallest absolute Gasteiger partial charge is 0.290 e. The Labute approximate surface area is 207 Å². The summed E-state index contributed by atoms with van der Waals surface area (Å²) >= 11 is 2.58. The highest BCUT2D eigenvalue weighted by molar-refractivity contribution is 7.23. The van der Waals surface area contributed by atoms with E-state index in [0.717, 1.165) is 26.0 Å². The molecule has 0 N–H and O–H groups in total. The van der Waals surface area contributed by atoms with Crippen LogP contribution in [-0.4, -0.2) is 29.1 Å². The summed E-state index contributed by atoms with van der Waals surface area (Å²) < 4.78 is 6.94. The van der Waals surface area contributed by atoms with Crippen LogP contribution < -0.4 is 9.75 Å². The predicted octanol–water partition coefficient (Wildman–Crippen LogP) is 6.42. The van der Waals surface area contributed by atoms with Crippen LogP contribution in [0.15, 0.2) is 71.8 Å². The predicted molar refractivity (Wildman–Crippen MR) is 140 cm³/mol. The first-order valence-electron chi connectivity index (χ1n) is 10.5. The maximum absolute atomic E-state index is 13.6. The van der Waals surface area contributed by atoms with Gasteiger partial charge in [-0.15, -0.1) is 11.3 Å². The highest BCUT2D eigenvalue weighted by Gasteiger charge is 2.23. The van der Waals surface area contributed by atoms with Crippen molar-refractivity contribution >= 4 is 65.9 Å². The van der Waals surface area contributed by atoms with Crippen molar-refractivity contribution in [3.63, 3.8) is 0 Å². The zero-order valence-electron chi connectivity index (χ0n) is 18.7. The average molecular weight is 503 g/mol. The van der Waals surface area contributed by atoms with Gasteiger partial charge in [0.1, 0.15) is 5.75 Å². The molecule has 35 heavy (non-hydrogen) atoms. The second kappa shape index (κ2) is 9.24. The maximum Gasteiger partial charge on any atom is 0.290 e. The molecule has 0 unspecified atom stereocenters. The van der Waals surface area contributed by atoms with Crippen LogP contribution in [0.5, 0.6) is 5.75 Å². The first kappa shape index (κ1) is 22.6. The first-order valence-corrected chi connectivity index (χ1v) is 12.1. The Morgan fingerprint density at radius 3 is 2.60 bits per heavy atom. The zero-order chi connectivity index (χ0) is 24.5. The average Bonchev–Trinajstić information content (AvgIpc) is 3.48. The molecule has 174 valence electrons. The van der Waals surface area contributed by atoms with Gasteiger partial charge < -0.3 is 4.74 Å². The lowest BCUT2D eigenvalue weighted by atomic mass is 10.2. The van der Waals surface area contributed by atoms with E-state index in [9.17, 15) is 14.9 Å². The number of aryl methyl sites for hydroxylation is 1. The number of nitrogens with zero attached hydrogens (tertiary/aromatic N) is 4. The number of non-ortho nitro benzene ring substituents is 1. The minimum absolute atomic E-state index is 0.0244. The minimum Gasteiger partial charge on any atom is -0.497 e. The molecule has 0 fully saturated rings. The summed E-state index contributed by atoms with van der Waals surface area (Å²) in [5, 5.41) is 18.0. The van der Waals surface area contributed by atoms with Gasteiger partial charge in [-0.05, 0) is 42.8 Å². The van der Waals surface area contributed by atoms with E-state index in [0.29, 0.717) is 21.1 Å². The summed E-state index contributed by atoms with van der Waals surface area (Å²) in [6.45, 7) is 2.00. The number of amides is 1. The number of aromatic nitrogens is 1. The molecule has 2 heterocycles. The SMILES string of the molecule is COc1ccc2nc(N(/N=C/c3ccc(C)cc3)C(=O)c3cc4cc([N+](=O)[O-])ccc4s3)sc2c1. The fourth-order valence-electron chi connectivity index (χ4n) is 3.43. The summed E-state index contributed by atoms with van der Waals surface area (Å²) in [6, 6.07) is 19.5. The van der Waals surface area contributed by atoms with Crippen LogP contribution in [0.2, 0.25) is 0 Å². The van der Waals surface area contributed by atoms with E-state index in [4.69, 9.17) is 4.74 Å². The van der Waals surface area contributed by atoms with Crippen molar-refractivity contribution in [2.45, 2.75) is 6.92 Å². The number of ether oxygens (including phenoxy) is 1. The monoisotopic (exact) mass is 502 g/mol. The van der Waals surface area contributed by atoms with Crippen molar-refractivity contribution in [2.24, 2.45) is 5.10 Å². The van der Waals surface area contributed by atoms with Crippen LogP contribution in [0, 0.1) is 17.0 Å². The van der Waals surface area contributed by atoms with E-state index in [2.05, 4.69) is 10.1 Å². The Bertz CT molecular complexity index is 1610. The molecule has 0 atom stereocenters. The number of hydrazone groups is 1. The number of nitro benzene ring substituents is 1. The first-order chi connectivity index (χ1) is 16.9. The fourth-order valence-corrected chi connectivity index (χ4v) is 5.35. The van der Waals surface area contributed by atoms with Gasteiger partial charge in [0, 0.05) is 22.2 Å². The second-order valence-corrected chi connectivity index (χ2v) is 9.79. The number of carbonyl (C=O) groups is 1. The van der Waals surface area contributed by atoms with Crippen molar-refractivity contribution < 1.29 is 14.5 Å². The van der Waals surface area contributed by atoms with Crippen LogP contribution in [0.3, 0.4) is 0 Å². The molecule has 0 aliphatic carbocycles. The lowest BCUT2D eigenvalue weighted by Crippen LogP contribution is -2.24. The molecule has 0 aliphatic rings. The third-order valence-electron chi connectivity index (χ3n) is 5.28. The summed E-state index contributed by atoms with van der Waals surface area (Å²) in [5.74, 6) is 0.322. The number of fused-ring (bicyclic) bond motifs is 2. The van der Waals surface area contributed by atoms with Crippen molar-refractivity contribution in [1.82, 2.24) is 4.98 Å². The van der Waals surface area contributed by atoms with Gasteiger partial charge in [-0.1, -0.05) is 41.2 Å². The highest BCUT2D eigenvalue weighted by atomic mass is 32.1. The number of thiazole rings is 1. The standard InChI is InChI=1S/C25H18N4O4S2/c1-15-3-5-16(6-4-15)14-26-28(25-27-20-9-8-19(33-2)13-22(20)35-25)24(30)23-12-17-11-18(29(31)32)7-10-21(17)34-23/h3-14H,1-2H3/b26-14+. The molecular formula is C25H18N4O4S2. The number of thiophene rings is 1. The van der Waals surface area contributed by atoms with Crippen LogP contribution in [-0.2, 0) is 0 Å². The van der Waals surface area contributed by atoms with Crippen LogP contribution in [0.25, 0.3) is 20.3 Å². The largest absolute Gasteiger partial charge is 0.497 e. The molecule has 8 nitrogen and oxygen atoms in total. The Hall–Kier alpha value is -4.15. The Kier molecular flexibility index (Phi) is 5.98. The van der Waals surface area contributed by atoms with Crippen molar-refractivity contribution in [1.29, 1.82) is 0 Å². The molecule has 0 spiro atoms. The topological polar surface area (TPSA) is 97.9 Å². The van der Waals surface area contributed by atoms with Crippen molar-refractivity contribution in [3.05, 3.63) is 92.8 Å². The molecule has 10 heteroatoms. The van der Waals surface area contributed by atoms with Gasteiger partial charge in [-0.25, -0.2) is 4.98 Å². The highest BCUT2D eigenvalue weighted by Crippen LogP contribution is 2.35. The fraction of sp³-hybridized carbons (Fsp3) is 0.0800. The number of hydrogen-bond donors (Lipinski definition) is 0. The third kappa shape index (κ3) is 4.61. The number of nitro groups is 1. The second-order valence-electron chi connectivity index (χ2n) is 7.69. The summed E-state index contributed by atoms with van der Waals surface area (Å²) in [4.78, 5) is 29.4. The van der Waals surface area contributed by atoms with E-state index in [-0.39, 0.29) is 11.6 Å². The van der Waals surface area contributed by atoms with Crippen molar-refractivity contribution in [3.8, 4) is 5.75 Å². The molecule has 0 radical (unpaired) electrons. The Morgan fingerprint density at radius 2 is 1.86 bits per heavy atom. The molecule has 0 saturated heterocycles.